The van der Waals surface area contributed by atoms with E-state index in [1.54, 1.807) is 4.90 Å². The van der Waals surface area contributed by atoms with Crippen molar-refractivity contribution >= 4 is 23.4 Å². The molecular weight excluding hydrogens is 408 g/mol. The Morgan fingerprint density at radius 1 is 1.06 bits per heavy atom. The Bertz CT molecular complexity index is 1110. The van der Waals surface area contributed by atoms with Crippen LogP contribution < -0.4 is 16.0 Å². The molecule has 32 heavy (non-hydrogen) atoms. The molecule has 4 N–H and O–H groups in total. The quantitative estimate of drug-likeness (QED) is 0.527. The van der Waals surface area contributed by atoms with Gasteiger partial charge in [0.25, 0.3) is 5.91 Å². The van der Waals surface area contributed by atoms with Gasteiger partial charge in [-0.2, -0.15) is 0 Å². The molecule has 1 atom stereocenters. The number of nitrogens with one attached hydrogen (secondary N) is 3. The van der Waals surface area contributed by atoms with Crippen LogP contribution in [-0.2, 0) is 42.3 Å². The number of fused-ring (bicyclic) bond motifs is 2. The van der Waals surface area contributed by atoms with Crippen LogP contribution in [-0.4, -0.2) is 40.3 Å². The number of nitrogens with zero attached hydrogens (tertiary/aromatic N) is 1. The van der Waals surface area contributed by atoms with Gasteiger partial charge in [0.1, 0.15) is 6.04 Å². The average molecular weight is 434 g/mol. The van der Waals surface area contributed by atoms with Gasteiger partial charge in [-0.05, 0) is 53.3 Å². The molecule has 1 fully saturated rings. The standard InChI is InChI=1S/C24H26N4O4/c29-13-16-4-5-19(17-8-9-25-11-18(16)17)26-10-14-2-1-3-15-12-28(24(32)22(14)15)20-6-7-21(30)27-23(20)31/h1-5,20,25-26,29H,6-13H2,(H,27,30,31). The van der Waals surface area contributed by atoms with Crippen LogP contribution in [0.3, 0.4) is 0 Å². The molecule has 1 unspecified atom stereocenters. The second-order valence-corrected chi connectivity index (χ2v) is 8.52. The van der Waals surface area contributed by atoms with Crippen molar-refractivity contribution in [2.75, 3.05) is 11.9 Å². The van der Waals surface area contributed by atoms with Gasteiger partial charge in [-0.25, -0.2) is 0 Å². The average Bonchev–Trinajstić information content (AvgIpc) is 3.14. The number of rotatable bonds is 5. The van der Waals surface area contributed by atoms with Crippen LogP contribution in [0, 0.1) is 0 Å². The lowest BCUT2D eigenvalue weighted by molar-refractivity contribution is -0.136. The lowest BCUT2D eigenvalue weighted by atomic mass is 9.94. The first-order chi connectivity index (χ1) is 15.6. The highest BCUT2D eigenvalue weighted by atomic mass is 16.3. The van der Waals surface area contributed by atoms with E-state index in [9.17, 15) is 19.5 Å². The highest BCUT2D eigenvalue weighted by molar-refractivity contribution is 6.06. The summed E-state index contributed by atoms with van der Waals surface area (Å²) in [6.07, 6.45) is 1.48. The van der Waals surface area contributed by atoms with Crippen LogP contribution >= 0.6 is 0 Å². The third kappa shape index (κ3) is 3.55. The van der Waals surface area contributed by atoms with Gasteiger partial charge in [-0.15, -0.1) is 0 Å². The van der Waals surface area contributed by atoms with Crippen LogP contribution in [0.4, 0.5) is 5.69 Å². The Labute approximate surface area is 186 Å². The lowest BCUT2D eigenvalue weighted by Gasteiger charge is -2.29. The molecule has 2 aromatic rings. The van der Waals surface area contributed by atoms with Crippen molar-refractivity contribution in [3.05, 3.63) is 63.7 Å². The van der Waals surface area contributed by atoms with E-state index < -0.39 is 11.9 Å². The van der Waals surface area contributed by atoms with E-state index in [4.69, 9.17) is 0 Å². The minimum Gasteiger partial charge on any atom is -0.392 e. The molecule has 2 aromatic carbocycles. The molecule has 1 saturated heterocycles. The lowest BCUT2D eigenvalue weighted by Crippen LogP contribution is -2.52. The molecule has 0 bridgehead atoms. The number of carbonyl (C=O) groups excluding carboxylic acids is 3. The summed E-state index contributed by atoms with van der Waals surface area (Å²) in [5, 5.41) is 18.9. The zero-order valence-corrected chi connectivity index (χ0v) is 17.7. The summed E-state index contributed by atoms with van der Waals surface area (Å²) in [6, 6.07) is 9.13. The van der Waals surface area contributed by atoms with E-state index in [-0.39, 0.29) is 24.8 Å². The van der Waals surface area contributed by atoms with Crippen LogP contribution in [0.5, 0.6) is 0 Å². The van der Waals surface area contributed by atoms with Gasteiger partial charge >= 0.3 is 0 Å². The minimum atomic E-state index is -0.612. The van der Waals surface area contributed by atoms with Crippen LogP contribution in [0.15, 0.2) is 30.3 Å². The van der Waals surface area contributed by atoms with Gasteiger partial charge in [0.05, 0.1) is 6.61 Å². The summed E-state index contributed by atoms with van der Waals surface area (Å²) in [7, 11) is 0. The smallest absolute Gasteiger partial charge is 0.255 e. The zero-order chi connectivity index (χ0) is 22.2. The van der Waals surface area contributed by atoms with E-state index in [0.29, 0.717) is 25.1 Å². The number of benzene rings is 2. The van der Waals surface area contributed by atoms with Gasteiger partial charge < -0.3 is 20.6 Å². The van der Waals surface area contributed by atoms with Gasteiger partial charge in [-0.3, -0.25) is 19.7 Å². The maximum absolute atomic E-state index is 13.3. The first-order valence-electron chi connectivity index (χ1n) is 11.0. The third-order valence-corrected chi connectivity index (χ3v) is 6.66. The SMILES string of the molecule is O=C1CCC(N2Cc3cccc(CNc4ccc(CO)c5c4CCNC5)c3C2=O)C(=O)N1. The largest absolute Gasteiger partial charge is 0.392 e. The van der Waals surface area contributed by atoms with Crippen molar-refractivity contribution in [3.63, 3.8) is 0 Å². The fourth-order valence-corrected chi connectivity index (χ4v) is 5.02. The van der Waals surface area contributed by atoms with Gasteiger partial charge in [-0.1, -0.05) is 24.3 Å². The van der Waals surface area contributed by atoms with Crippen molar-refractivity contribution < 1.29 is 19.5 Å². The van der Waals surface area contributed by atoms with Gasteiger partial charge in [0.2, 0.25) is 11.8 Å². The molecule has 3 aliphatic rings. The van der Waals surface area contributed by atoms with Crippen LogP contribution in [0.2, 0.25) is 0 Å². The Morgan fingerprint density at radius 3 is 2.75 bits per heavy atom. The molecular formula is C24H26N4O4. The predicted octanol–water partition coefficient (Wildman–Crippen LogP) is 1.20. The Kier molecular flexibility index (Phi) is 5.40. The van der Waals surface area contributed by atoms with Crippen molar-refractivity contribution in [2.45, 2.75) is 51.5 Å². The second kappa shape index (κ2) is 8.37. The number of anilines is 1. The maximum Gasteiger partial charge on any atom is 0.255 e. The molecule has 0 aliphatic carbocycles. The normalized spacial score (nSPS) is 20.1. The molecule has 8 nitrogen and oxygen atoms in total. The van der Waals surface area contributed by atoms with E-state index in [2.05, 4.69) is 16.0 Å². The summed E-state index contributed by atoms with van der Waals surface area (Å²) in [6.45, 7) is 2.50. The fourth-order valence-electron chi connectivity index (χ4n) is 5.02. The Morgan fingerprint density at radius 2 is 1.94 bits per heavy atom. The van der Waals surface area contributed by atoms with E-state index in [0.717, 1.165) is 47.5 Å². The molecule has 3 heterocycles. The van der Waals surface area contributed by atoms with Gasteiger partial charge in [0.15, 0.2) is 0 Å². The van der Waals surface area contributed by atoms with Crippen molar-refractivity contribution in [2.24, 2.45) is 0 Å². The van der Waals surface area contributed by atoms with E-state index in [1.165, 1.54) is 5.56 Å². The minimum absolute atomic E-state index is 0.0150. The molecule has 3 amide bonds. The molecule has 5 rings (SSSR count). The van der Waals surface area contributed by atoms with Crippen LogP contribution in [0.1, 0.15) is 51.0 Å². The molecule has 0 radical (unpaired) electrons. The number of aliphatic hydroxyl groups is 1. The number of aliphatic hydroxyl groups excluding tert-OH is 1. The number of hydrogen-bond donors (Lipinski definition) is 4. The van der Waals surface area contributed by atoms with Crippen molar-refractivity contribution in [1.82, 2.24) is 15.5 Å². The highest BCUT2D eigenvalue weighted by Crippen LogP contribution is 2.31. The van der Waals surface area contributed by atoms with Gasteiger partial charge in [0, 0.05) is 37.3 Å². The van der Waals surface area contributed by atoms with E-state index >= 15 is 0 Å². The first-order valence-corrected chi connectivity index (χ1v) is 11.0. The summed E-state index contributed by atoms with van der Waals surface area (Å²) in [5.41, 5.74) is 6.74. The highest BCUT2D eigenvalue weighted by Gasteiger charge is 2.39. The Balaban J connectivity index is 1.38. The zero-order valence-electron chi connectivity index (χ0n) is 17.7. The monoisotopic (exact) mass is 434 g/mol. The molecule has 3 aliphatic heterocycles. The molecule has 0 spiro atoms. The molecule has 0 aromatic heterocycles. The predicted molar refractivity (Wildman–Crippen MR) is 118 cm³/mol. The number of hydrogen-bond acceptors (Lipinski definition) is 6. The van der Waals surface area contributed by atoms with Crippen molar-refractivity contribution in [1.29, 1.82) is 0 Å². The third-order valence-electron chi connectivity index (χ3n) is 6.66. The maximum atomic E-state index is 13.3. The topological polar surface area (TPSA) is 111 Å². The van der Waals surface area contributed by atoms with E-state index in [1.807, 2.05) is 30.3 Å². The number of amides is 3. The Hall–Kier alpha value is -3.23. The number of imide groups is 1. The molecule has 166 valence electrons. The fraction of sp³-hybridized carbons (Fsp3) is 0.375. The summed E-state index contributed by atoms with van der Waals surface area (Å²) in [5.74, 6) is -0.842. The second-order valence-electron chi connectivity index (χ2n) is 8.52. The summed E-state index contributed by atoms with van der Waals surface area (Å²) in [4.78, 5) is 38.7. The van der Waals surface area contributed by atoms with Crippen molar-refractivity contribution in [3.8, 4) is 0 Å². The summed E-state index contributed by atoms with van der Waals surface area (Å²) < 4.78 is 0. The molecule has 8 heteroatoms. The summed E-state index contributed by atoms with van der Waals surface area (Å²) >= 11 is 0. The number of piperidine rings is 1. The molecule has 0 saturated carbocycles. The first kappa shape index (κ1) is 20.7. The van der Waals surface area contributed by atoms with Crippen LogP contribution in [0.25, 0.3) is 0 Å². The number of carbonyl (C=O) groups is 3.